The molecule has 0 saturated carbocycles. The molecule has 128 valence electrons. The molecule has 1 heterocycles. The number of fused-ring (bicyclic) bond motifs is 1. The second kappa shape index (κ2) is 6.80. The van der Waals surface area contributed by atoms with Crippen LogP contribution in [-0.2, 0) is 16.0 Å². The van der Waals surface area contributed by atoms with E-state index in [0.717, 1.165) is 10.0 Å². The predicted molar refractivity (Wildman–Crippen MR) is 96.6 cm³/mol. The van der Waals surface area contributed by atoms with Gasteiger partial charge in [0.15, 0.2) is 0 Å². The Kier molecular flexibility index (Phi) is 4.72. The van der Waals surface area contributed by atoms with Gasteiger partial charge in [-0.2, -0.15) is 0 Å². The molecular weight excluding hydrogens is 386 g/mol. The van der Waals surface area contributed by atoms with Gasteiger partial charge in [-0.25, -0.2) is 4.90 Å². The molecule has 2 aromatic rings. The van der Waals surface area contributed by atoms with Gasteiger partial charge < -0.3 is 4.74 Å². The van der Waals surface area contributed by atoms with Crippen LogP contribution in [0.4, 0.5) is 5.69 Å². The van der Waals surface area contributed by atoms with Crippen molar-refractivity contribution in [2.75, 3.05) is 12.0 Å². The van der Waals surface area contributed by atoms with E-state index in [4.69, 9.17) is 4.74 Å². The first kappa shape index (κ1) is 17.4. The molecule has 0 spiro atoms. The number of nitrogens with zero attached hydrogens (tertiary/aromatic N) is 1. The normalized spacial score (nSPS) is 14.4. The SMILES string of the molecule is COC(=O)C(C)Cc1ccc(N2C(=O)c3ccc(Br)cc3C2=O)cc1. The Bertz CT molecular complexity index is 860. The van der Waals surface area contributed by atoms with Gasteiger partial charge in [0.1, 0.15) is 0 Å². The first-order valence-corrected chi connectivity index (χ1v) is 8.56. The van der Waals surface area contributed by atoms with Crippen LogP contribution in [0.25, 0.3) is 0 Å². The third-order valence-corrected chi connectivity index (χ3v) is 4.68. The van der Waals surface area contributed by atoms with Crippen LogP contribution in [0.1, 0.15) is 33.2 Å². The molecule has 5 nitrogen and oxygen atoms in total. The van der Waals surface area contributed by atoms with E-state index in [2.05, 4.69) is 15.9 Å². The van der Waals surface area contributed by atoms with Crippen LogP contribution in [0, 0.1) is 5.92 Å². The van der Waals surface area contributed by atoms with Crippen LogP contribution in [0.2, 0.25) is 0 Å². The van der Waals surface area contributed by atoms with Crippen molar-refractivity contribution in [1.29, 1.82) is 0 Å². The zero-order valence-corrected chi connectivity index (χ0v) is 15.4. The maximum Gasteiger partial charge on any atom is 0.308 e. The topological polar surface area (TPSA) is 63.7 Å². The molecule has 0 bridgehead atoms. The van der Waals surface area contributed by atoms with Gasteiger partial charge in [-0.15, -0.1) is 0 Å². The summed E-state index contributed by atoms with van der Waals surface area (Å²) in [6, 6.07) is 12.1. The lowest BCUT2D eigenvalue weighted by Crippen LogP contribution is -2.29. The summed E-state index contributed by atoms with van der Waals surface area (Å²) in [6.45, 7) is 1.79. The number of hydrogen-bond acceptors (Lipinski definition) is 4. The van der Waals surface area contributed by atoms with Crippen LogP contribution < -0.4 is 4.90 Å². The maximum atomic E-state index is 12.6. The fraction of sp³-hybridized carbons (Fsp3) is 0.211. The number of rotatable bonds is 4. The van der Waals surface area contributed by atoms with E-state index < -0.39 is 0 Å². The Balaban J connectivity index is 1.83. The Labute approximate surface area is 153 Å². The maximum absolute atomic E-state index is 12.6. The molecule has 25 heavy (non-hydrogen) atoms. The lowest BCUT2D eigenvalue weighted by molar-refractivity contribution is -0.144. The number of amides is 2. The van der Waals surface area contributed by atoms with E-state index in [0.29, 0.717) is 23.2 Å². The summed E-state index contributed by atoms with van der Waals surface area (Å²) >= 11 is 3.32. The molecule has 3 rings (SSSR count). The van der Waals surface area contributed by atoms with Crippen LogP contribution in [0.3, 0.4) is 0 Å². The summed E-state index contributed by atoms with van der Waals surface area (Å²) in [6.07, 6.45) is 0.530. The zero-order chi connectivity index (χ0) is 18.1. The minimum Gasteiger partial charge on any atom is -0.469 e. The first-order valence-electron chi connectivity index (χ1n) is 7.77. The van der Waals surface area contributed by atoms with Crippen molar-refractivity contribution in [2.45, 2.75) is 13.3 Å². The number of imide groups is 1. The molecule has 1 atom stereocenters. The Hall–Kier alpha value is -2.47. The number of benzene rings is 2. The summed E-state index contributed by atoms with van der Waals surface area (Å²) in [5, 5.41) is 0. The molecule has 0 radical (unpaired) electrons. The second-order valence-electron chi connectivity index (χ2n) is 5.93. The van der Waals surface area contributed by atoms with Crippen LogP contribution in [-0.4, -0.2) is 24.9 Å². The van der Waals surface area contributed by atoms with Crippen LogP contribution >= 0.6 is 15.9 Å². The van der Waals surface area contributed by atoms with Crippen molar-refractivity contribution in [3.63, 3.8) is 0 Å². The third kappa shape index (κ3) is 3.22. The molecule has 1 aliphatic rings. The summed E-state index contributed by atoms with van der Waals surface area (Å²) in [5.74, 6) is -1.19. The number of hydrogen-bond donors (Lipinski definition) is 0. The zero-order valence-electron chi connectivity index (χ0n) is 13.8. The number of esters is 1. The molecule has 6 heteroatoms. The fourth-order valence-electron chi connectivity index (χ4n) is 2.87. The number of ether oxygens (including phenoxy) is 1. The average Bonchev–Trinajstić information content (AvgIpc) is 2.85. The van der Waals surface area contributed by atoms with Crippen LogP contribution in [0.5, 0.6) is 0 Å². The van der Waals surface area contributed by atoms with Crippen molar-refractivity contribution < 1.29 is 19.1 Å². The lowest BCUT2D eigenvalue weighted by Gasteiger charge is -2.15. The predicted octanol–water partition coefficient (Wildman–Crippen LogP) is 3.60. The van der Waals surface area contributed by atoms with E-state index in [1.807, 2.05) is 12.1 Å². The van der Waals surface area contributed by atoms with Gasteiger partial charge in [-0.05, 0) is 42.3 Å². The Morgan fingerprint density at radius 2 is 1.72 bits per heavy atom. The molecule has 1 aliphatic heterocycles. The minimum absolute atomic E-state index is 0.257. The van der Waals surface area contributed by atoms with E-state index in [-0.39, 0.29) is 23.7 Å². The van der Waals surface area contributed by atoms with E-state index >= 15 is 0 Å². The highest BCUT2D eigenvalue weighted by molar-refractivity contribution is 9.10. The van der Waals surface area contributed by atoms with Crippen molar-refractivity contribution in [1.82, 2.24) is 0 Å². The molecule has 0 fully saturated rings. The molecule has 0 aliphatic carbocycles. The molecule has 0 N–H and O–H groups in total. The standard InChI is InChI=1S/C19H16BrNO4/c1-11(19(24)25-2)9-12-3-6-14(7-4-12)21-17(22)15-8-5-13(20)10-16(15)18(21)23/h3-8,10-11H,9H2,1-2H3. The third-order valence-electron chi connectivity index (χ3n) is 4.19. The van der Waals surface area contributed by atoms with Gasteiger partial charge in [0.25, 0.3) is 11.8 Å². The van der Waals surface area contributed by atoms with Gasteiger partial charge in [-0.1, -0.05) is 35.0 Å². The van der Waals surface area contributed by atoms with Crippen molar-refractivity contribution in [3.8, 4) is 0 Å². The van der Waals surface area contributed by atoms with Gasteiger partial charge >= 0.3 is 5.97 Å². The Morgan fingerprint density at radius 3 is 2.36 bits per heavy atom. The molecule has 2 aromatic carbocycles. The summed E-state index contributed by atoms with van der Waals surface area (Å²) in [5.41, 5.74) is 2.23. The van der Waals surface area contributed by atoms with E-state index in [9.17, 15) is 14.4 Å². The Morgan fingerprint density at radius 1 is 1.08 bits per heavy atom. The second-order valence-corrected chi connectivity index (χ2v) is 6.85. The van der Waals surface area contributed by atoms with Gasteiger partial charge in [0, 0.05) is 4.47 Å². The van der Waals surface area contributed by atoms with Gasteiger partial charge in [-0.3, -0.25) is 14.4 Å². The smallest absolute Gasteiger partial charge is 0.308 e. The number of carbonyl (C=O) groups excluding carboxylic acids is 3. The van der Waals surface area contributed by atoms with Crippen molar-refractivity contribution in [2.24, 2.45) is 5.92 Å². The number of halogens is 1. The number of methoxy groups -OCH3 is 1. The average molecular weight is 402 g/mol. The highest BCUT2D eigenvalue weighted by atomic mass is 79.9. The molecule has 0 saturated heterocycles. The molecular formula is C19H16BrNO4. The fourth-order valence-corrected chi connectivity index (χ4v) is 3.23. The summed E-state index contributed by atoms with van der Waals surface area (Å²) < 4.78 is 5.47. The van der Waals surface area contributed by atoms with Crippen LogP contribution in [0.15, 0.2) is 46.9 Å². The molecule has 2 amide bonds. The quantitative estimate of drug-likeness (QED) is 0.579. The van der Waals surface area contributed by atoms with Crippen molar-refractivity contribution in [3.05, 3.63) is 63.6 Å². The highest BCUT2D eigenvalue weighted by Gasteiger charge is 2.36. The van der Waals surface area contributed by atoms with Crippen molar-refractivity contribution >= 4 is 39.4 Å². The highest BCUT2D eigenvalue weighted by Crippen LogP contribution is 2.30. The molecule has 1 unspecified atom stereocenters. The number of carbonyl (C=O) groups is 3. The first-order chi connectivity index (χ1) is 11.9. The molecule has 0 aromatic heterocycles. The van der Waals surface area contributed by atoms with Gasteiger partial charge in [0.05, 0.1) is 29.8 Å². The van der Waals surface area contributed by atoms with Gasteiger partial charge in [0.2, 0.25) is 0 Å². The monoisotopic (exact) mass is 401 g/mol. The minimum atomic E-state index is -0.336. The lowest BCUT2D eigenvalue weighted by atomic mass is 10.0. The van der Waals surface area contributed by atoms with E-state index in [1.165, 1.54) is 12.0 Å². The summed E-state index contributed by atoms with van der Waals surface area (Å²) in [4.78, 5) is 37.8. The summed E-state index contributed by atoms with van der Waals surface area (Å²) in [7, 11) is 1.36. The number of anilines is 1. The largest absolute Gasteiger partial charge is 0.469 e. The van der Waals surface area contributed by atoms with E-state index in [1.54, 1.807) is 37.3 Å².